The van der Waals surface area contributed by atoms with Crippen molar-refractivity contribution in [3.05, 3.63) is 41.7 Å². The molecule has 1 aromatic carbocycles. The first kappa shape index (κ1) is 18.3. The van der Waals surface area contributed by atoms with E-state index in [0.717, 1.165) is 30.0 Å². The van der Waals surface area contributed by atoms with Crippen molar-refractivity contribution in [2.24, 2.45) is 0 Å². The third-order valence-electron chi connectivity index (χ3n) is 4.47. The van der Waals surface area contributed by atoms with Crippen molar-refractivity contribution < 1.29 is 4.79 Å². The van der Waals surface area contributed by atoms with Crippen LogP contribution in [0.1, 0.15) is 24.7 Å². The molecule has 0 saturated carbocycles. The highest BCUT2D eigenvalue weighted by atomic mass is 32.2. The van der Waals surface area contributed by atoms with Crippen molar-refractivity contribution in [1.29, 1.82) is 0 Å². The fourth-order valence-corrected chi connectivity index (χ4v) is 4.97. The van der Waals surface area contributed by atoms with Gasteiger partial charge in [0.2, 0.25) is 11.1 Å². The number of rotatable bonds is 3. The number of carbonyl (C=O) groups excluding carboxylic acids is 1. The van der Waals surface area contributed by atoms with E-state index in [-0.39, 0.29) is 5.91 Å². The van der Waals surface area contributed by atoms with Gasteiger partial charge in [-0.2, -0.15) is 4.98 Å². The van der Waals surface area contributed by atoms with Crippen molar-refractivity contribution in [2.45, 2.75) is 42.5 Å². The van der Waals surface area contributed by atoms with Crippen LogP contribution >= 0.6 is 23.5 Å². The molecule has 1 atom stereocenters. The number of para-hydroxylation sites is 1. The quantitative estimate of drug-likeness (QED) is 0.625. The molecule has 0 fully saturated rings. The maximum absolute atomic E-state index is 12.9. The maximum Gasteiger partial charge on any atom is 0.253 e. The van der Waals surface area contributed by atoms with Crippen LogP contribution in [0, 0.1) is 13.8 Å². The number of hydrogen-bond acceptors (Lipinski definition) is 6. The van der Waals surface area contributed by atoms with E-state index >= 15 is 0 Å². The Hall–Kier alpha value is -2.06. The first-order valence-corrected chi connectivity index (χ1v) is 10.8. The normalized spacial score (nSPS) is 17.0. The largest absolute Gasteiger partial charge is 0.311 e. The van der Waals surface area contributed by atoms with E-state index in [4.69, 9.17) is 0 Å². The summed E-state index contributed by atoms with van der Waals surface area (Å²) in [4.78, 5) is 24.9. The molecular formula is C19H21N5OS2. The molecule has 4 rings (SSSR count). The number of anilines is 1. The van der Waals surface area contributed by atoms with Gasteiger partial charge in [0, 0.05) is 28.1 Å². The topological polar surface area (TPSA) is 63.4 Å². The molecule has 27 heavy (non-hydrogen) atoms. The number of aryl methyl sites for hydroxylation is 2. The van der Waals surface area contributed by atoms with E-state index in [1.54, 1.807) is 4.52 Å². The molecule has 1 amide bonds. The van der Waals surface area contributed by atoms with Gasteiger partial charge in [0.05, 0.1) is 11.4 Å². The Balaban J connectivity index is 1.52. The summed E-state index contributed by atoms with van der Waals surface area (Å²) in [7, 11) is 0. The molecule has 2 aromatic heterocycles. The summed E-state index contributed by atoms with van der Waals surface area (Å²) in [5.74, 6) is 0.970. The third-order valence-corrected chi connectivity index (χ3v) is 6.53. The minimum absolute atomic E-state index is 0.0851. The Morgan fingerprint density at radius 2 is 2.11 bits per heavy atom. The van der Waals surface area contributed by atoms with Gasteiger partial charge in [-0.05, 0) is 38.5 Å². The second-order valence-electron chi connectivity index (χ2n) is 6.66. The van der Waals surface area contributed by atoms with Crippen molar-refractivity contribution in [3.8, 4) is 0 Å². The predicted octanol–water partition coefficient (Wildman–Crippen LogP) is 3.75. The molecule has 0 N–H and O–H groups in total. The summed E-state index contributed by atoms with van der Waals surface area (Å²) >= 11 is 3.20. The zero-order chi connectivity index (χ0) is 19.0. The number of carbonyl (C=O) groups is 1. The standard InChI is InChI=1S/C19H21N5OS2/c1-12-10-13(2)24-18(20-12)21-19(22-24)26-11-17(25)23-9-8-14(3)27-16-7-5-4-6-15(16)23/h4-7,10,14H,8-9,11H2,1-3H3/t14-/m0/s1. The van der Waals surface area contributed by atoms with Gasteiger partial charge in [-0.1, -0.05) is 30.8 Å². The lowest BCUT2D eigenvalue weighted by Gasteiger charge is -2.22. The van der Waals surface area contributed by atoms with E-state index in [1.807, 2.05) is 54.8 Å². The van der Waals surface area contributed by atoms with Crippen LogP contribution in [0.15, 0.2) is 40.4 Å². The van der Waals surface area contributed by atoms with E-state index in [1.165, 1.54) is 16.7 Å². The summed E-state index contributed by atoms with van der Waals surface area (Å²) < 4.78 is 1.72. The van der Waals surface area contributed by atoms with Crippen LogP contribution in [0.2, 0.25) is 0 Å². The summed E-state index contributed by atoms with van der Waals surface area (Å²) in [5, 5.41) is 5.55. The molecule has 0 spiro atoms. The minimum atomic E-state index is 0.0851. The number of nitrogens with zero attached hydrogens (tertiary/aromatic N) is 5. The lowest BCUT2D eigenvalue weighted by Crippen LogP contribution is -2.33. The van der Waals surface area contributed by atoms with Crippen molar-refractivity contribution >= 4 is 40.9 Å². The minimum Gasteiger partial charge on any atom is -0.311 e. The van der Waals surface area contributed by atoms with Crippen LogP contribution in [-0.2, 0) is 4.79 Å². The molecule has 3 aromatic rings. The third kappa shape index (κ3) is 3.82. The van der Waals surface area contributed by atoms with Gasteiger partial charge in [-0.15, -0.1) is 16.9 Å². The van der Waals surface area contributed by atoms with Crippen LogP contribution in [0.5, 0.6) is 0 Å². The SMILES string of the molecule is Cc1cc(C)n2nc(SCC(=O)N3CC[C@H](C)Sc4ccccc43)nc2n1. The Morgan fingerprint density at radius 1 is 1.30 bits per heavy atom. The van der Waals surface area contributed by atoms with Crippen LogP contribution in [0.3, 0.4) is 0 Å². The number of fused-ring (bicyclic) bond motifs is 2. The molecule has 1 aliphatic rings. The highest BCUT2D eigenvalue weighted by molar-refractivity contribution is 8.00. The van der Waals surface area contributed by atoms with Gasteiger partial charge in [-0.3, -0.25) is 4.79 Å². The number of aromatic nitrogens is 4. The van der Waals surface area contributed by atoms with Crippen molar-refractivity contribution in [1.82, 2.24) is 19.6 Å². The average molecular weight is 400 g/mol. The first-order chi connectivity index (χ1) is 13.0. The molecule has 1 aliphatic heterocycles. The van der Waals surface area contributed by atoms with Crippen molar-refractivity contribution in [3.63, 3.8) is 0 Å². The van der Waals surface area contributed by atoms with E-state index in [0.29, 0.717) is 21.9 Å². The monoisotopic (exact) mass is 399 g/mol. The molecule has 0 unspecified atom stereocenters. The van der Waals surface area contributed by atoms with E-state index < -0.39 is 0 Å². The Labute approximate surface area is 166 Å². The summed E-state index contributed by atoms with van der Waals surface area (Å²) in [6.45, 7) is 6.86. The van der Waals surface area contributed by atoms with Gasteiger partial charge in [0.1, 0.15) is 0 Å². The zero-order valence-corrected chi connectivity index (χ0v) is 17.2. The highest BCUT2D eigenvalue weighted by Crippen LogP contribution is 2.37. The maximum atomic E-state index is 12.9. The fourth-order valence-electron chi connectivity index (χ4n) is 3.16. The Morgan fingerprint density at radius 3 is 2.96 bits per heavy atom. The second-order valence-corrected chi connectivity index (χ2v) is 9.09. The first-order valence-electron chi connectivity index (χ1n) is 8.91. The number of thioether (sulfide) groups is 2. The fraction of sp³-hybridized carbons (Fsp3) is 0.368. The van der Waals surface area contributed by atoms with Gasteiger partial charge < -0.3 is 4.90 Å². The summed E-state index contributed by atoms with van der Waals surface area (Å²) in [6, 6.07) is 10.1. The smallest absolute Gasteiger partial charge is 0.253 e. The predicted molar refractivity (Wildman–Crippen MR) is 110 cm³/mol. The van der Waals surface area contributed by atoms with Crippen molar-refractivity contribution in [2.75, 3.05) is 17.2 Å². The van der Waals surface area contributed by atoms with Gasteiger partial charge >= 0.3 is 0 Å². The Bertz CT molecular complexity index is 1000. The zero-order valence-electron chi connectivity index (χ0n) is 15.5. The summed E-state index contributed by atoms with van der Waals surface area (Å²) in [5.41, 5.74) is 2.90. The number of hydrogen-bond donors (Lipinski definition) is 0. The van der Waals surface area contributed by atoms with E-state index in [2.05, 4.69) is 28.1 Å². The number of amides is 1. The number of benzene rings is 1. The van der Waals surface area contributed by atoms with Crippen LogP contribution in [-0.4, -0.2) is 43.0 Å². The highest BCUT2D eigenvalue weighted by Gasteiger charge is 2.24. The van der Waals surface area contributed by atoms with Gasteiger partial charge in [0.15, 0.2) is 0 Å². The van der Waals surface area contributed by atoms with Crippen LogP contribution in [0.4, 0.5) is 5.69 Å². The second kappa shape index (κ2) is 7.52. The molecule has 0 radical (unpaired) electrons. The van der Waals surface area contributed by atoms with Crippen LogP contribution in [0.25, 0.3) is 5.78 Å². The summed E-state index contributed by atoms with van der Waals surface area (Å²) in [6.07, 6.45) is 0.977. The lowest BCUT2D eigenvalue weighted by molar-refractivity contribution is -0.116. The van der Waals surface area contributed by atoms with Crippen LogP contribution < -0.4 is 4.90 Å². The lowest BCUT2D eigenvalue weighted by atomic mass is 10.2. The molecule has 0 bridgehead atoms. The molecule has 8 heteroatoms. The average Bonchev–Trinajstić information content (AvgIpc) is 2.96. The molecule has 0 saturated heterocycles. The van der Waals surface area contributed by atoms with E-state index in [9.17, 15) is 4.79 Å². The van der Waals surface area contributed by atoms with Gasteiger partial charge in [-0.25, -0.2) is 9.50 Å². The Kier molecular flexibility index (Phi) is 5.10. The molecular weight excluding hydrogens is 378 g/mol. The molecule has 140 valence electrons. The molecule has 0 aliphatic carbocycles. The molecule has 3 heterocycles. The molecule has 6 nitrogen and oxygen atoms in total. The van der Waals surface area contributed by atoms with Gasteiger partial charge in [0.25, 0.3) is 5.78 Å².